The first-order valence-electron chi connectivity index (χ1n) is 4.78. The Labute approximate surface area is 93.2 Å². The minimum Gasteiger partial charge on any atom is -0.481 e. The van der Waals surface area contributed by atoms with E-state index in [-0.39, 0.29) is 12.8 Å². The van der Waals surface area contributed by atoms with Gasteiger partial charge in [0.15, 0.2) is 0 Å². The molecule has 16 heavy (non-hydrogen) atoms. The lowest BCUT2D eigenvalue weighted by molar-refractivity contribution is -0.165. The summed E-state index contributed by atoms with van der Waals surface area (Å²) in [6.45, 7) is 4.20. The second-order valence-corrected chi connectivity index (χ2v) is 4.09. The SMILES string of the molecule is CC(=O)OC(C)(C)C(CC(=O)O)CC(=O)O. The smallest absolute Gasteiger partial charge is 0.303 e. The zero-order valence-electron chi connectivity index (χ0n) is 9.52. The summed E-state index contributed by atoms with van der Waals surface area (Å²) in [5.74, 6) is -3.56. The van der Waals surface area contributed by atoms with Crippen molar-refractivity contribution in [2.45, 2.75) is 39.2 Å². The molecule has 0 saturated heterocycles. The van der Waals surface area contributed by atoms with Gasteiger partial charge in [-0.2, -0.15) is 0 Å². The highest BCUT2D eigenvalue weighted by atomic mass is 16.6. The fraction of sp³-hybridized carbons (Fsp3) is 0.700. The van der Waals surface area contributed by atoms with Gasteiger partial charge in [-0.15, -0.1) is 0 Å². The van der Waals surface area contributed by atoms with E-state index in [1.165, 1.54) is 20.8 Å². The molecule has 0 bridgehead atoms. The fourth-order valence-corrected chi connectivity index (χ4v) is 1.44. The maximum Gasteiger partial charge on any atom is 0.303 e. The minimum absolute atomic E-state index is 0.355. The van der Waals surface area contributed by atoms with Crippen LogP contribution in [0.15, 0.2) is 0 Å². The van der Waals surface area contributed by atoms with Crippen molar-refractivity contribution in [1.82, 2.24) is 0 Å². The van der Waals surface area contributed by atoms with Crippen LogP contribution in [-0.4, -0.2) is 33.7 Å². The second-order valence-electron chi connectivity index (χ2n) is 4.09. The summed E-state index contributed by atoms with van der Waals surface area (Å²) in [6.07, 6.45) is -0.709. The van der Waals surface area contributed by atoms with Crippen molar-refractivity contribution in [2.24, 2.45) is 5.92 Å². The normalized spacial score (nSPS) is 11.2. The van der Waals surface area contributed by atoms with Gasteiger partial charge in [0.1, 0.15) is 5.60 Å². The Balaban J connectivity index is 4.77. The second kappa shape index (κ2) is 5.48. The number of esters is 1. The molecule has 2 N–H and O–H groups in total. The molecule has 0 aromatic rings. The van der Waals surface area contributed by atoms with Crippen molar-refractivity contribution in [3.63, 3.8) is 0 Å². The van der Waals surface area contributed by atoms with Crippen molar-refractivity contribution >= 4 is 17.9 Å². The topological polar surface area (TPSA) is 101 Å². The monoisotopic (exact) mass is 232 g/mol. The van der Waals surface area contributed by atoms with Crippen molar-refractivity contribution in [2.75, 3.05) is 0 Å². The predicted molar refractivity (Wildman–Crippen MR) is 53.8 cm³/mol. The average molecular weight is 232 g/mol. The highest BCUT2D eigenvalue weighted by molar-refractivity contribution is 5.71. The summed E-state index contributed by atoms with van der Waals surface area (Å²) < 4.78 is 4.94. The molecule has 0 amide bonds. The molecule has 0 saturated carbocycles. The summed E-state index contributed by atoms with van der Waals surface area (Å²) in [4.78, 5) is 32.0. The Hall–Kier alpha value is -1.59. The third-order valence-corrected chi connectivity index (χ3v) is 2.23. The number of carboxylic acids is 2. The van der Waals surface area contributed by atoms with Gasteiger partial charge in [-0.3, -0.25) is 14.4 Å². The first-order valence-corrected chi connectivity index (χ1v) is 4.78. The summed E-state index contributed by atoms with van der Waals surface area (Å²) in [5, 5.41) is 17.3. The molecule has 6 heteroatoms. The minimum atomic E-state index is -1.12. The van der Waals surface area contributed by atoms with E-state index in [0.717, 1.165) is 0 Å². The number of carbonyl (C=O) groups is 3. The molecule has 0 aliphatic rings. The number of ether oxygens (including phenoxy) is 1. The van der Waals surface area contributed by atoms with Crippen LogP contribution >= 0.6 is 0 Å². The number of carbonyl (C=O) groups excluding carboxylic acids is 1. The molecule has 92 valence electrons. The van der Waals surface area contributed by atoms with Crippen LogP contribution in [0.4, 0.5) is 0 Å². The van der Waals surface area contributed by atoms with Crippen molar-refractivity contribution in [1.29, 1.82) is 0 Å². The van der Waals surface area contributed by atoms with Crippen LogP contribution in [0.2, 0.25) is 0 Å². The van der Waals surface area contributed by atoms with Gasteiger partial charge in [-0.05, 0) is 13.8 Å². The van der Waals surface area contributed by atoms with Crippen LogP contribution < -0.4 is 0 Å². The van der Waals surface area contributed by atoms with Gasteiger partial charge >= 0.3 is 17.9 Å². The van der Waals surface area contributed by atoms with E-state index in [9.17, 15) is 14.4 Å². The van der Waals surface area contributed by atoms with Gasteiger partial charge in [-0.1, -0.05) is 0 Å². The van der Waals surface area contributed by atoms with Crippen LogP contribution in [0.3, 0.4) is 0 Å². The van der Waals surface area contributed by atoms with Gasteiger partial charge in [0, 0.05) is 12.8 Å². The summed E-state index contributed by atoms with van der Waals surface area (Å²) >= 11 is 0. The molecule has 0 fully saturated rings. The summed E-state index contributed by atoms with van der Waals surface area (Å²) in [5.41, 5.74) is -1.11. The molecule has 6 nitrogen and oxygen atoms in total. The molecule has 0 radical (unpaired) electrons. The average Bonchev–Trinajstić information content (AvgIpc) is 1.98. The van der Waals surface area contributed by atoms with Crippen molar-refractivity contribution in [3.8, 4) is 0 Å². The molecule has 0 rings (SSSR count). The Morgan fingerprint density at radius 1 is 1.12 bits per heavy atom. The molecule has 0 aliphatic heterocycles. The zero-order chi connectivity index (χ0) is 12.9. The zero-order valence-corrected chi connectivity index (χ0v) is 9.52. The molecule has 0 unspecified atom stereocenters. The molecule has 0 spiro atoms. The third-order valence-electron chi connectivity index (χ3n) is 2.23. The van der Waals surface area contributed by atoms with Gasteiger partial charge in [0.2, 0.25) is 0 Å². The molecule has 0 aliphatic carbocycles. The Morgan fingerprint density at radius 3 is 1.75 bits per heavy atom. The lowest BCUT2D eigenvalue weighted by Gasteiger charge is -2.31. The van der Waals surface area contributed by atoms with Gasteiger partial charge < -0.3 is 14.9 Å². The number of hydrogen-bond donors (Lipinski definition) is 2. The van der Waals surface area contributed by atoms with E-state index in [1.807, 2.05) is 0 Å². The highest BCUT2D eigenvalue weighted by Gasteiger charge is 2.35. The number of carboxylic acid groups (broad SMARTS) is 2. The van der Waals surface area contributed by atoms with Crippen molar-refractivity contribution in [3.05, 3.63) is 0 Å². The molecular weight excluding hydrogens is 216 g/mol. The maximum atomic E-state index is 10.8. The molecular formula is C10H16O6. The molecule has 0 heterocycles. The maximum absolute atomic E-state index is 10.8. The quantitative estimate of drug-likeness (QED) is 0.659. The van der Waals surface area contributed by atoms with Gasteiger partial charge in [-0.25, -0.2) is 0 Å². The third kappa shape index (κ3) is 5.33. The van der Waals surface area contributed by atoms with Crippen LogP contribution in [0, 0.1) is 5.92 Å². The van der Waals surface area contributed by atoms with E-state index < -0.39 is 29.4 Å². The van der Waals surface area contributed by atoms with E-state index in [2.05, 4.69) is 0 Å². The lowest BCUT2D eigenvalue weighted by Crippen LogP contribution is -2.38. The lowest BCUT2D eigenvalue weighted by atomic mass is 9.85. The van der Waals surface area contributed by atoms with Gasteiger partial charge in [0.25, 0.3) is 0 Å². The number of rotatable bonds is 6. The van der Waals surface area contributed by atoms with Crippen molar-refractivity contribution < 1.29 is 29.3 Å². The Bertz CT molecular complexity index is 278. The number of hydrogen-bond acceptors (Lipinski definition) is 4. The van der Waals surface area contributed by atoms with Gasteiger partial charge in [0.05, 0.1) is 12.8 Å². The van der Waals surface area contributed by atoms with E-state index in [4.69, 9.17) is 14.9 Å². The highest BCUT2D eigenvalue weighted by Crippen LogP contribution is 2.27. The van der Waals surface area contributed by atoms with Crippen LogP contribution in [0.5, 0.6) is 0 Å². The Morgan fingerprint density at radius 2 is 1.50 bits per heavy atom. The summed E-state index contributed by atoms with van der Waals surface area (Å²) in [6, 6.07) is 0. The van der Waals surface area contributed by atoms with E-state index >= 15 is 0 Å². The summed E-state index contributed by atoms with van der Waals surface area (Å²) in [7, 11) is 0. The predicted octanol–water partition coefficient (Wildman–Crippen LogP) is 0.894. The first-order chi connectivity index (χ1) is 7.15. The standard InChI is InChI=1S/C10H16O6/c1-6(11)16-10(2,3)7(4-8(12)13)5-9(14)15/h7H,4-5H2,1-3H3,(H,12,13)(H,14,15). The molecule has 0 aromatic heterocycles. The Kier molecular flexibility index (Phi) is 4.94. The van der Waals surface area contributed by atoms with Crippen LogP contribution in [0.1, 0.15) is 33.6 Å². The van der Waals surface area contributed by atoms with E-state index in [1.54, 1.807) is 0 Å². The fourth-order valence-electron chi connectivity index (χ4n) is 1.44. The van der Waals surface area contributed by atoms with Crippen LogP contribution in [-0.2, 0) is 19.1 Å². The molecule has 0 aromatic carbocycles. The van der Waals surface area contributed by atoms with E-state index in [0.29, 0.717) is 0 Å². The molecule has 0 atom stereocenters. The van der Waals surface area contributed by atoms with Crippen LogP contribution in [0.25, 0.3) is 0 Å². The largest absolute Gasteiger partial charge is 0.481 e. The number of aliphatic carboxylic acids is 2. The first kappa shape index (κ1) is 14.4.